The molecule has 0 spiro atoms. The van der Waals surface area contributed by atoms with Crippen molar-refractivity contribution in [2.45, 2.75) is 72.6 Å². The molecule has 2 heteroatoms. The van der Waals surface area contributed by atoms with E-state index >= 15 is 0 Å². The van der Waals surface area contributed by atoms with Gasteiger partial charge in [-0.2, -0.15) is 0 Å². The van der Waals surface area contributed by atoms with Gasteiger partial charge in [0, 0.05) is 0 Å². The van der Waals surface area contributed by atoms with Gasteiger partial charge in [-0.25, -0.2) is 0 Å². The summed E-state index contributed by atoms with van der Waals surface area (Å²) in [5, 5.41) is 4.21. The Morgan fingerprint density at radius 3 is 1.67 bits per heavy atom. The fourth-order valence-electron chi connectivity index (χ4n) is 4.58. The number of para-hydroxylation sites is 1. The molecule has 0 aliphatic carbocycles. The molecule has 3 aromatic rings. The van der Waals surface area contributed by atoms with Gasteiger partial charge >= 0.3 is 170 Å². The first-order chi connectivity index (χ1) is 13.3. The molecule has 0 aliphatic heterocycles. The molecule has 0 N–H and O–H groups in total. The van der Waals surface area contributed by atoms with Crippen molar-refractivity contribution in [1.29, 1.82) is 0 Å². The van der Waals surface area contributed by atoms with E-state index in [4.69, 9.17) is 4.98 Å². The Morgan fingerprint density at radius 1 is 0.630 bits per heavy atom. The standard InChI is InChI=1S/C13H8N.3C4H9.Sn/c1-2-6-11-10(5-1)9-14-13-8-4-3-7-12(11)13;3*1-3-4-2;/h1-8H;3*1,3-4H2,2H3;. The van der Waals surface area contributed by atoms with Crippen molar-refractivity contribution in [2.75, 3.05) is 0 Å². The fraction of sp³-hybridized carbons (Fsp3) is 0.480. The average Bonchev–Trinajstić information content (AvgIpc) is 2.73. The van der Waals surface area contributed by atoms with Crippen LogP contribution in [0.3, 0.4) is 0 Å². The molecule has 1 nitrogen and oxygen atoms in total. The predicted octanol–water partition coefficient (Wildman–Crippen LogP) is 7.44. The van der Waals surface area contributed by atoms with Crippen LogP contribution in [0.2, 0.25) is 13.3 Å². The number of pyridine rings is 1. The fourth-order valence-corrected chi connectivity index (χ4v) is 20.8. The molecule has 0 saturated carbocycles. The van der Waals surface area contributed by atoms with Crippen LogP contribution in [-0.4, -0.2) is 23.4 Å². The topological polar surface area (TPSA) is 12.9 Å². The number of nitrogens with zero attached hydrogens (tertiary/aromatic N) is 1. The zero-order chi connectivity index (χ0) is 19.1. The molecule has 0 aliphatic rings. The van der Waals surface area contributed by atoms with Crippen molar-refractivity contribution in [3.05, 3.63) is 48.5 Å². The monoisotopic (exact) mass is 469 g/mol. The van der Waals surface area contributed by atoms with Crippen LogP contribution in [0.5, 0.6) is 0 Å². The zero-order valence-corrected chi connectivity index (χ0v) is 20.3. The van der Waals surface area contributed by atoms with Gasteiger partial charge in [0.1, 0.15) is 0 Å². The Balaban J connectivity index is 2.25. The van der Waals surface area contributed by atoms with Crippen molar-refractivity contribution in [2.24, 2.45) is 0 Å². The number of hydrogen-bond acceptors (Lipinski definition) is 1. The van der Waals surface area contributed by atoms with Crippen molar-refractivity contribution < 1.29 is 0 Å². The molecule has 0 saturated heterocycles. The minimum atomic E-state index is -2.57. The van der Waals surface area contributed by atoms with Crippen LogP contribution < -0.4 is 3.71 Å². The predicted molar refractivity (Wildman–Crippen MR) is 124 cm³/mol. The van der Waals surface area contributed by atoms with E-state index in [2.05, 4.69) is 69.3 Å². The van der Waals surface area contributed by atoms with E-state index in [0.717, 1.165) is 0 Å². The first kappa shape index (κ1) is 20.6. The maximum atomic E-state index is 5.43. The van der Waals surface area contributed by atoms with Gasteiger partial charge in [-0.15, -0.1) is 0 Å². The van der Waals surface area contributed by atoms with Crippen LogP contribution in [0, 0.1) is 0 Å². The summed E-state index contributed by atoms with van der Waals surface area (Å²) in [6.45, 7) is 7.05. The van der Waals surface area contributed by atoms with Crippen LogP contribution in [0.15, 0.2) is 48.5 Å². The zero-order valence-electron chi connectivity index (χ0n) is 17.4. The van der Waals surface area contributed by atoms with Crippen LogP contribution in [0.1, 0.15) is 59.3 Å². The van der Waals surface area contributed by atoms with Gasteiger partial charge in [0.2, 0.25) is 0 Å². The van der Waals surface area contributed by atoms with Gasteiger partial charge in [-0.05, 0) is 0 Å². The third-order valence-corrected chi connectivity index (χ3v) is 21.3. The normalized spacial score (nSPS) is 12.1. The van der Waals surface area contributed by atoms with E-state index < -0.39 is 18.4 Å². The summed E-state index contributed by atoms with van der Waals surface area (Å²) in [6.07, 6.45) is 8.07. The number of unbranched alkanes of at least 4 members (excludes halogenated alkanes) is 3. The summed E-state index contributed by atoms with van der Waals surface area (Å²) in [5.41, 5.74) is 1.21. The van der Waals surface area contributed by atoms with Gasteiger partial charge < -0.3 is 0 Å². The summed E-state index contributed by atoms with van der Waals surface area (Å²) in [7, 11) is 0. The van der Waals surface area contributed by atoms with E-state index in [-0.39, 0.29) is 0 Å². The van der Waals surface area contributed by atoms with E-state index in [1.165, 1.54) is 73.5 Å². The number of rotatable bonds is 10. The second-order valence-electron chi connectivity index (χ2n) is 8.11. The first-order valence-electron chi connectivity index (χ1n) is 11.0. The number of fused-ring (bicyclic) bond motifs is 3. The van der Waals surface area contributed by atoms with Gasteiger partial charge in [0.05, 0.1) is 0 Å². The SMILES string of the molecule is CCC[CH2][Sn]([CH2]CCC)([CH2]CCC)[c]1nc2ccccc2c2ccccc12. The van der Waals surface area contributed by atoms with Crippen LogP contribution in [0.4, 0.5) is 0 Å². The summed E-state index contributed by atoms with van der Waals surface area (Å²) < 4.78 is 6.00. The second kappa shape index (κ2) is 9.91. The third-order valence-electron chi connectivity index (χ3n) is 6.14. The number of hydrogen-bond donors (Lipinski definition) is 0. The Labute approximate surface area is 169 Å². The van der Waals surface area contributed by atoms with Crippen LogP contribution in [-0.2, 0) is 0 Å². The molecular formula is C25H35NSn. The van der Waals surface area contributed by atoms with Crippen LogP contribution in [0.25, 0.3) is 21.7 Å². The number of benzene rings is 2. The molecular weight excluding hydrogens is 433 g/mol. The van der Waals surface area contributed by atoms with Gasteiger partial charge in [-0.1, -0.05) is 0 Å². The van der Waals surface area contributed by atoms with E-state index in [9.17, 15) is 0 Å². The van der Waals surface area contributed by atoms with Crippen molar-refractivity contribution in [3.63, 3.8) is 0 Å². The molecule has 0 atom stereocenters. The molecule has 0 amide bonds. The van der Waals surface area contributed by atoms with Gasteiger partial charge in [-0.3, -0.25) is 0 Å². The van der Waals surface area contributed by atoms with Gasteiger partial charge in [0.15, 0.2) is 0 Å². The summed E-state index contributed by atoms with van der Waals surface area (Å²) >= 11 is -2.57. The van der Waals surface area contributed by atoms with Gasteiger partial charge in [0.25, 0.3) is 0 Å². The molecule has 1 heterocycles. The molecule has 27 heavy (non-hydrogen) atoms. The quantitative estimate of drug-likeness (QED) is 0.223. The minimum absolute atomic E-state index is 1.21. The Bertz CT molecular complexity index is 849. The molecule has 0 fully saturated rings. The molecule has 0 unspecified atom stereocenters. The van der Waals surface area contributed by atoms with Crippen LogP contribution >= 0.6 is 0 Å². The van der Waals surface area contributed by atoms with Crippen molar-refractivity contribution in [1.82, 2.24) is 4.98 Å². The molecule has 0 bridgehead atoms. The molecule has 0 radical (unpaired) electrons. The Kier molecular flexibility index (Phi) is 7.57. The number of aromatic nitrogens is 1. The molecule has 1 aromatic heterocycles. The Hall–Kier alpha value is -1.09. The third kappa shape index (κ3) is 4.50. The van der Waals surface area contributed by atoms with E-state index in [1.54, 1.807) is 3.71 Å². The Morgan fingerprint density at radius 2 is 1.11 bits per heavy atom. The summed E-state index contributed by atoms with van der Waals surface area (Å²) in [5.74, 6) is 0. The van der Waals surface area contributed by atoms with E-state index in [1.807, 2.05) is 0 Å². The van der Waals surface area contributed by atoms with Crippen molar-refractivity contribution in [3.8, 4) is 0 Å². The second-order valence-corrected chi connectivity index (χ2v) is 21.1. The molecule has 2 aromatic carbocycles. The first-order valence-corrected chi connectivity index (χ1v) is 18.5. The summed E-state index contributed by atoms with van der Waals surface area (Å²) in [6, 6.07) is 17.9. The molecule has 144 valence electrons. The maximum absolute atomic E-state index is 5.43. The van der Waals surface area contributed by atoms with Crippen molar-refractivity contribution >= 4 is 43.8 Å². The summed E-state index contributed by atoms with van der Waals surface area (Å²) in [4.78, 5) is 5.43. The van der Waals surface area contributed by atoms with E-state index in [0.29, 0.717) is 0 Å². The molecule has 3 rings (SSSR count). The average molecular weight is 468 g/mol.